The van der Waals surface area contributed by atoms with Crippen LogP contribution >= 0.6 is 35.0 Å². The zero-order chi connectivity index (χ0) is 20.8. The first-order chi connectivity index (χ1) is 14.0. The highest BCUT2D eigenvalue weighted by Crippen LogP contribution is 2.24. The predicted octanol–water partition coefficient (Wildman–Crippen LogP) is 4.33. The highest BCUT2D eigenvalue weighted by atomic mass is 35.5. The lowest BCUT2D eigenvalue weighted by atomic mass is 10.1. The summed E-state index contributed by atoms with van der Waals surface area (Å²) in [6.45, 7) is 2.09. The molecule has 1 amide bonds. The molecular formula is C20H17Cl2N3O3S. The first-order valence-electron chi connectivity index (χ1n) is 8.76. The number of amides is 1. The van der Waals surface area contributed by atoms with E-state index in [9.17, 15) is 9.59 Å². The van der Waals surface area contributed by atoms with E-state index in [-0.39, 0.29) is 17.1 Å². The van der Waals surface area contributed by atoms with Gasteiger partial charge in [0.2, 0.25) is 5.91 Å². The normalized spacial score (nSPS) is 17.7. The van der Waals surface area contributed by atoms with Gasteiger partial charge in [-0.05, 0) is 43.2 Å². The summed E-state index contributed by atoms with van der Waals surface area (Å²) < 4.78 is 4.96. The maximum Gasteiger partial charge on any atom is 0.338 e. The highest BCUT2D eigenvalue weighted by molar-refractivity contribution is 8.15. The van der Waals surface area contributed by atoms with Crippen LogP contribution in [0.4, 0.5) is 0 Å². The molecule has 29 heavy (non-hydrogen) atoms. The van der Waals surface area contributed by atoms with Gasteiger partial charge in [-0.2, -0.15) is 5.10 Å². The van der Waals surface area contributed by atoms with Crippen molar-refractivity contribution in [1.82, 2.24) is 5.32 Å². The summed E-state index contributed by atoms with van der Waals surface area (Å²) in [5.74, 6) is -0.497. The van der Waals surface area contributed by atoms with E-state index in [4.69, 9.17) is 27.9 Å². The molecule has 1 fully saturated rings. The van der Waals surface area contributed by atoms with Gasteiger partial charge in [-0.25, -0.2) is 4.79 Å². The molecule has 0 unspecified atom stereocenters. The number of ether oxygens (including phenoxy) is 1. The van der Waals surface area contributed by atoms with Gasteiger partial charge in [0.05, 0.1) is 28.7 Å². The fourth-order valence-corrected chi connectivity index (χ4v) is 3.96. The average Bonchev–Trinajstić information content (AvgIpc) is 3.03. The Morgan fingerprint density at radius 1 is 1.24 bits per heavy atom. The van der Waals surface area contributed by atoms with E-state index in [1.54, 1.807) is 37.3 Å². The third-order valence-electron chi connectivity index (χ3n) is 3.97. The molecule has 1 saturated heterocycles. The van der Waals surface area contributed by atoms with E-state index in [2.05, 4.69) is 15.5 Å². The Bertz CT molecular complexity index is 977. The van der Waals surface area contributed by atoms with Gasteiger partial charge in [-0.1, -0.05) is 53.2 Å². The van der Waals surface area contributed by atoms with E-state index < -0.39 is 0 Å². The molecule has 3 rings (SSSR count). The van der Waals surface area contributed by atoms with Crippen LogP contribution in [0.15, 0.2) is 52.7 Å². The maximum atomic E-state index is 12.2. The zero-order valence-electron chi connectivity index (χ0n) is 15.4. The summed E-state index contributed by atoms with van der Waals surface area (Å²) in [5, 5.41) is 11.8. The van der Waals surface area contributed by atoms with Gasteiger partial charge in [0.15, 0.2) is 5.17 Å². The van der Waals surface area contributed by atoms with E-state index >= 15 is 0 Å². The SMILES string of the molecule is CCOC(=O)c1ccc(C[C@H]2S/C(=N\N=C/c3ccc(Cl)cc3Cl)NC2=O)cc1. The number of esters is 1. The van der Waals surface area contributed by atoms with Crippen molar-refractivity contribution in [2.75, 3.05) is 6.61 Å². The van der Waals surface area contributed by atoms with Gasteiger partial charge in [-0.3, -0.25) is 4.79 Å². The second-order valence-electron chi connectivity index (χ2n) is 6.03. The number of nitrogens with one attached hydrogen (secondary N) is 1. The first kappa shape index (κ1) is 21.4. The molecule has 1 heterocycles. The second kappa shape index (κ2) is 9.91. The largest absolute Gasteiger partial charge is 0.462 e. The molecule has 9 heteroatoms. The molecule has 0 aromatic heterocycles. The molecule has 2 aromatic carbocycles. The molecule has 0 saturated carbocycles. The van der Waals surface area contributed by atoms with Gasteiger partial charge in [-0.15, -0.1) is 5.10 Å². The summed E-state index contributed by atoms with van der Waals surface area (Å²) in [6, 6.07) is 12.1. The van der Waals surface area contributed by atoms with Crippen LogP contribution < -0.4 is 5.32 Å². The molecule has 0 bridgehead atoms. The fourth-order valence-electron chi connectivity index (χ4n) is 2.54. The summed E-state index contributed by atoms with van der Waals surface area (Å²) >= 11 is 13.2. The van der Waals surface area contributed by atoms with Crippen LogP contribution in [0.1, 0.15) is 28.4 Å². The molecule has 6 nitrogen and oxygen atoms in total. The summed E-state index contributed by atoms with van der Waals surface area (Å²) in [7, 11) is 0. The Hall–Kier alpha value is -2.35. The fraction of sp³-hybridized carbons (Fsp3) is 0.200. The number of carbonyl (C=O) groups excluding carboxylic acids is 2. The molecule has 150 valence electrons. The molecular weight excluding hydrogens is 433 g/mol. The van der Waals surface area contributed by atoms with Gasteiger partial charge in [0, 0.05) is 10.6 Å². The van der Waals surface area contributed by atoms with E-state index in [1.807, 2.05) is 12.1 Å². The van der Waals surface area contributed by atoms with Crippen LogP contribution in [0.2, 0.25) is 10.0 Å². The van der Waals surface area contributed by atoms with Gasteiger partial charge < -0.3 is 10.1 Å². The van der Waals surface area contributed by atoms with Gasteiger partial charge in [0.25, 0.3) is 0 Å². The third kappa shape index (κ3) is 5.82. The number of benzene rings is 2. The number of rotatable bonds is 6. The van der Waals surface area contributed by atoms with Crippen LogP contribution in [0.25, 0.3) is 0 Å². The third-order valence-corrected chi connectivity index (χ3v) is 5.61. The lowest BCUT2D eigenvalue weighted by Gasteiger charge is -2.06. The van der Waals surface area contributed by atoms with Crippen molar-refractivity contribution in [3.8, 4) is 0 Å². The molecule has 1 atom stereocenters. The minimum Gasteiger partial charge on any atom is -0.462 e. The van der Waals surface area contributed by atoms with Crippen molar-refractivity contribution >= 4 is 58.2 Å². The minimum absolute atomic E-state index is 0.136. The van der Waals surface area contributed by atoms with Crippen LogP contribution in [0.5, 0.6) is 0 Å². The molecule has 2 aromatic rings. The van der Waals surface area contributed by atoms with Crippen molar-refractivity contribution in [2.45, 2.75) is 18.6 Å². The van der Waals surface area contributed by atoms with Crippen molar-refractivity contribution in [3.63, 3.8) is 0 Å². The number of hydrogen-bond acceptors (Lipinski definition) is 6. The average molecular weight is 450 g/mol. The number of hydrogen-bond donors (Lipinski definition) is 1. The van der Waals surface area contributed by atoms with Crippen molar-refractivity contribution in [2.24, 2.45) is 10.2 Å². The predicted molar refractivity (Wildman–Crippen MR) is 117 cm³/mol. The van der Waals surface area contributed by atoms with E-state index in [1.165, 1.54) is 18.0 Å². The first-order valence-corrected chi connectivity index (χ1v) is 10.4. The van der Waals surface area contributed by atoms with Crippen LogP contribution in [-0.4, -0.2) is 35.1 Å². The summed E-state index contributed by atoms with van der Waals surface area (Å²) in [4.78, 5) is 23.9. The smallest absolute Gasteiger partial charge is 0.338 e. The van der Waals surface area contributed by atoms with Crippen LogP contribution in [0.3, 0.4) is 0 Å². The molecule has 0 spiro atoms. The number of nitrogens with zero attached hydrogens (tertiary/aromatic N) is 2. The second-order valence-corrected chi connectivity index (χ2v) is 8.07. The van der Waals surface area contributed by atoms with Crippen molar-refractivity contribution < 1.29 is 14.3 Å². The Kier molecular flexibility index (Phi) is 7.30. The Morgan fingerprint density at radius 2 is 2.00 bits per heavy atom. The van der Waals surface area contributed by atoms with Crippen LogP contribution in [-0.2, 0) is 16.0 Å². The Balaban J connectivity index is 1.60. The quantitative estimate of drug-likeness (QED) is 0.404. The lowest BCUT2D eigenvalue weighted by Crippen LogP contribution is -2.25. The summed E-state index contributed by atoms with van der Waals surface area (Å²) in [5.41, 5.74) is 2.09. The summed E-state index contributed by atoms with van der Waals surface area (Å²) in [6.07, 6.45) is 2.01. The van der Waals surface area contributed by atoms with Crippen molar-refractivity contribution in [1.29, 1.82) is 0 Å². The number of amidine groups is 1. The van der Waals surface area contributed by atoms with E-state index in [0.717, 1.165) is 5.56 Å². The molecule has 1 N–H and O–H groups in total. The topological polar surface area (TPSA) is 80.1 Å². The minimum atomic E-state index is -0.361. The molecule has 1 aliphatic heterocycles. The van der Waals surface area contributed by atoms with Crippen molar-refractivity contribution in [3.05, 3.63) is 69.2 Å². The lowest BCUT2D eigenvalue weighted by molar-refractivity contribution is -0.118. The number of carbonyl (C=O) groups is 2. The number of halogens is 2. The van der Waals surface area contributed by atoms with Gasteiger partial charge >= 0.3 is 5.97 Å². The zero-order valence-corrected chi connectivity index (χ0v) is 17.7. The van der Waals surface area contributed by atoms with Crippen LogP contribution in [0, 0.1) is 0 Å². The maximum absolute atomic E-state index is 12.2. The Labute approximate surface area is 182 Å². The molecule has 1 aliphatic rings. The standard InChI is InChI=1S/C20H17Cl2N3O3S/c1-2-28-19(27)13-5-3-12(4-6-13)9-17-18(26)24-20(29-17)25-23-11-14-7-8-15(21)10-16(14)22/h3-8,10-11,17H,2,9H2,1H3,(H,24,25,26)/b23-11-/t17-/m1/s1. The Morgan fingerprint density at radius 3 is 2.69 bits per heavy atom. The monoisotopic (exact) mass is 449 g/mol. The van der Waals surface area contributed by atoms with Gasteiger partial charge in [0.1, 0.15) is 0 Å². The number of thioether (sulfide) groups is 1. The molecule has 0 radical (unpaired) electrons. The molecule has 0 aliphatic carbocycles. The van der Waals surface area contributed by atoms with E-state index in [0.29, 0.717) is 39.4 Å². The highest BCUT2D eigenvalue weighted by Gasteiger charge is 2.30.